The highest BCUT2D eigenvalue weighted by Gasteiger charge is 2.62. The van der Waals surface area contributed by atoms with Gasteiger partial charge in [-0.05, 0) is 78.1 Å². The Morgan fingerprint density at radius 3 is 1.55 bits per heavy atom. The number of allylic oxidation sites excluding steroid dienone is 2. The molecule has 6 aliphatic rings. The van der Waals surface area contributed by atoms with Crippen molar-refractivity contribution in [2.24, 2.45) is 11.8 Å². The van der Waals surface area contributed by atoms with Crippen molar-refractivity contribution in [1.82, 2.24) is 10.6 Å². The number of hydrogen-bond acceptors (Lipinski definition) is 8. The summed E-state index contributed by atoms with van der Waals surface area (Å²) in [5.41, 5.74) is 2.89. The van der Waals surface area contributed by atoms with Crippen molar-refractivity contribution in [2.45, 2.75) is 146 Å². The normalized spacial score (nSPS) is 37.4. The molecular weight excluding hydrogens is 624 g/mol. The first kappa shape index (κ1) is 35.6. The lowest BCUT2D eigenvalue weighted by Crippen LogP contribution is -2.30. The van der Waals surface area contributed by atoms with Crippen LogP contribution in [-0.4, -0.2) is 72.5 Å². The van der Waals surface area contributed by atoms with Gasteiger partial charge in [0.2, 0.25) is 11.8 Å². The predicted molar refractivity (Wildman–Crippen MR) is 183 cm³/mol. The number of nitrogens with one attached hydrogen (secondary N) is 2. The molecule has 10 nitrogen and oxygen atoms in total. The van der Waals surface area contributed by atoms with Gasteiger partial charge in [0.1, 0.15) is 24.4 Å². The summed E-state index contributed by atoms with van der Waals surface area (Å²) in [7, 11) is 0. The Bertz CT molecular complexity index is 1310. The van der Waals surface area contributed by atoms with Gasteiger partial charge < -0.3 is 29.6 Å². The van der Waals surface area contributed by atoms with Crippen molar-refractivity contribution in [3.05, 3.63) is 47.6 Å². The first-order valence-corrected chi connectivity index (χ1v) is 18.5. The average Bonchev–Trinajstić information content (AvgIpc) is 3.88. The molecule has 4 fully saturated rings. The van der Waals surface area contributed by atoms with Crippen LogP contribution in [0.4, 0.5) is 0 Å². The molecule has 0 radical (unpaired) electrons. The molecule has 0 aromatic heterocycles. The Balaban J connectivity index is 0.829. The van der Waals surface area contributed by atoms with E-state index < -0.39 is 0 Å². The van der Waals surface area contributed by atoms with E-state index in [1.54, 1.807) is 0 Å². The third-order valence-electron chi connectivity index (χ3n) is 11.7. The Morgan fingerprint density at radius 1 is 0.714 bits per heavy atom. The molecule has 2 N–H and O–H groups in total. The lowest BCUT2D eigenvalue weighted by Gasteiger charge is -2.20. The lowest BCUT2D eigenvalue weighted by atomic mass is 9.84. The highest BCUT2D eigenvalue weighted by atomic mass is 16.7. The Kier molecular flexibility index (Phi) is 10.8. The van der Waals surface area contributed by atoms with Gasteiger partial charge in [-0.3, -0.25) is 9.59 Å². The Labute approximate surface area is 290 Å². The largest absolute Gasteiger partial charge is 0.455 e. The van der Waals surface area contributed by atoms with Crippen LogP contribution in [-0.2, 0) is 38.1 Å². The van der Waals surface area contributed by atoms with Gasteiger partial charge in [0.05, 0.1) is 11.2 Å². The maximum atomic E-state index is 12.6. The molecule has 8 atom stereocenters. The molecular formula is C39H54N2O8. The number of unbranched alkanes of at least 4 members (excludes halogenated alkanes) is 4. The summed E-state index contributed by atoms with van der Waals surface area (Å²) in [6, 6.07) is 0. The molecule has 0 bridgehead atoms. The van der Waals surface area contributed by atoms with Crippen LogP contribution in [0.15, 0.2) is 47.6 Å². The van der Waals surface area contributed by atoms with E-state index in [1.807, 2.05) is 0 Å². The third kappa shape index (κ3) is 8.39. The fraction of sp³-hybridized carbons (Fsp3) is 0.692. The summed E-state index contributed by atoms with van der Waals surface area (Å²) >= 11 is 0. The van der Waals surface area contributed by atoms with Crippen molar-refractivity contribution >= 4 is 23.8 Å². The van der Waals surface area contributed by atoms with E-state index >= 15 is 0 Å². The number of carbonyl (C=O) groups is 4. The molecule has 268 valence electrons. The van der Waals surface area contributed by atoms with Gasteiger partial charge in [-0.1, -0.05) is 55.7 Å². The maximum absolute atomic E-state index is 12.6. The molecule has 4 saturated heterocycles. The van der Waals surface area contributed by atoms with Crippen LogP contribution in [0.3, 0.4) is 0 Å². The number of amides is 2. The predicted octanol–water partition coefficient (Wildman–Crippen LogP) is 5.46. The van der Waals surface area contributed by atoms with Crippen LogP contribution in [0.5, 0.6) is 0 Å². The number of epoxide rings is 2. The van der Waals surface area contributed by atoms with E-state index in [9.17, 15) is 19.2 Å². The third-order valence-corrected chi connectivity index (χ3v) is 11.7. The molecule has 2 aliphatic carbocycles. The van der Waals surface area contributed by atoms with Crippen molar-refractivity contribution < 1.29 is 38.1 Å². The van der Waals surface area contributed by atoms with E-state index in [0.29, 0.717) is 37.1 Å². The van der Waals surface area contributed by atoms with E-state index in [0.717, 1.165) is 83.5 Å². The number of rotatable bonds is 12. The number of hydrogen-bond donors (Lipinski definition) is 2. The number of carbonyl (C=O) groups excluding carboxylic acids is 4. The maximum Gasteiger partial charge on any atom is 0.334 e. The Hall–Kier alpha value is -3.24. The second kappa shape index (κ2) is 14.9. The molecule has 4 heterocycles. The van der Waals surface area contributed by atoms with Gasteiger partial charge in [0.15, 0.2) is 0 Å². The number of esters is 2. The van der Waals surface area contributed by atoms with Crippen molar-refractivity contribution in [2.75, 3.05) is 13.1 Å². The van der Waals surface area contributed by atoms with Crippen LogP contribution in [0.25, 0.3) is 0 Å². The van der Waals surface area contributed by atoms with Crippen molar-refractivity contribution in [3.63, 3.8) is 0 Å². The quantitative estimate of drug-likeness (QED) is 0.0914. The molecule has 4 aliphatic heterocycles. The average molecular weight is 679 g/mol. The SMILES string of the molecule is C=C1C(=O)O[C@H]2[C@H]1CC/C(CNC(=O)CCCCCCCC(=O)NC/C1=C/CC[C@@]3(C)O[C@H]3[C@H]3OC(=O)C(=C)[C@@H]3CC1)=C\CC[C@@]1(C)O[C@@H]21. The van der Waals surface area contributed by atoms with E-state index in [4.69, 9.17) is 18.9 Å². The summed E-state index contributed by atoms with van der Waals surface area (Å²) in [5.74, 6) is -0.611. The Morgan fingerprint density at radius 2 is 1.12 bits per heavy atom. The van der Waals surface area contributed by atoms with Crippen molar-refractivity contribution in [3.8, 4) is 0 Å². The number of ether oxygens (including phenoxy) is 4. The lowest BCUT2D eigenvalue weighted by molar-refractivity contribution is -0.140. The van der Waals surface area contributed by atoms with Crippen LogP contribution in [0, 0.1) is 11.8 Å². The second-order valence-electron chi connectivity index (χ2n) is 15.4. The molecule has 6 rings (SSSR count). The summed E-state index contributed by atoms with van der Waals surface area (Å²) in [6.45, 7) is 13.2. The fourth-order valence-electron chi connectivity index (χ4n) is 8.26. The molecule has 0 aromatic carbocycles. The van der Waals surface area contributed by atoms with Crippen molar-refractivity contribution in [1.29, 1.82) is 0 Å². The summed E-state index contributed by atoms with van der Waals surface area (Å²) < 4.78 is 23.2. The molecule has 49 heavy (non-hydrogen) atoms. The number of fused-ring (bicyclic) bond motifs is 6. The van der Waals surface area contributed by atoms with E-state index in [1.165, 1.54) is 11.1 Å². The second-order valence-corrected chi connectivity index (χ2v) is 15.4. The van der Waals surface area contributed by atoms with E-state index in [-0.39, 0.29) is 71.2 Å². The van der Waals surface area contributed by atoms with Crippen LogP contribution in [0.1, 0.15) is 110 Å². The monoisotopic (exact) mass is 678 g/mol. The summed E-state index contributed by atoms with van der Waals surface area (Å²) in [4.78, 5) is 49.6. The summed E-state index contributed by atoms with van der Waals surface area (Å²) in [5, 5.41) is 6.18. The zero-order valence-electron chi connectivity index (χ0n) is 29.3. The van der Waals surface area contributed by atoms with Crippen LogP contribution >= 0.6 is 0 Å². The molecule has 0 aromatic rings. The zero-order valence-corrected chi connectivity index (χ0v) is 29.3. The van der Waals surface area contributed by atoms with E-state index in [2.05, 4.69) is 49.8 Å². The highest BCUT2D eigenvalue weighted by Crippen LogP contribution is 2.51. The topological polar surface area (TPSA) is 136 Å². The molecule has 2 amide bonds. The van der Waals surface area contributed by atoms with Gasteiger partial charge in [0, 0.05) is 48.9 Å². The highest BCUT2D eigenvalue weighted by molar-refractivity contribution is 5.91. The standard InChI is InChI=1S/C39H54N2O8/c1-24-28-18-16-26(12-10-20-38(3)34(48-38)32(28)46-36(24)44)22-40-30(42)14-8-6-5-7-9-15-31(43)41-23-27-13-11-21-39(4)35(49-39)33-29(19-17-27)25(2)37(45)47-33/h12-13,28-29,32-35H,1-2,5-11,14-23H2,3-4H3,(H,40,42)(H,41,43)/b26-12+,27-13+/t28-,29-,32-,33-,34-,35-,38+,39+/m0/s1. The summed E-state index contributed by atoms with van der Waals surface area (Å²) in [6.07, 6.45) is 15.9. The molecule has 0 saturated carbocycles. The minimum atomic E-state index is -0.313. The molecule has 0 spiro atoms. The fourth-order valence-corrected chi connectivity index (χ4v) is 8.26. The van der Waals surface area contributed by atoms with Gasteiger partial charge in [-0.15, -0.1) is 0 Å². The molecule has 10 heteroatoms. The zero-order chi connectivity index (χ0) is 34.8. The van der Waals surface area contributed by atoms with Gasteiger partial charge in [-0.25, -0.2) is 9.59 Å². The minimum Gasteiger partial charge on any atom is -0.455 e. The first-order valence-electron chi connectivity index (χ1n) is 18.5. The first-order chi connectivity index (χ1) is 23.5. The van der Waals surface area contributed by atoms with Crippen LogP contribution in [0.2, 0.25) is 0 Å². The van der Waals surface area contributed by atoms with Crippen LogP contribution < -0.4 is 10.6 Å². The smallest absolute Gasteiger partial charge is 0.334 e. The molecule has 0 unspecified atom stereocenters. The minimum absolute atomic E-state index is 0.0450. The van der Waals surface area contributed by atoms with Gasteiger partial charge in [-0.2, -0.15) is 0 Å². The van der Waals surface area contributed by atoms with Gasteiger partial charge in [0.25, 0.3) is 0 Å². The van der Waals surface area contributed by atoms with Gasteiger partial charge >= 0.3 is 11.9 Å².